The Balaban J connectivity index is 2.56. The van der Waals surface area contributed by atoms with Crippen molar-refractivity contribution in [1.82, 2.24) is 5.32 Å². The topological polar surface area (TPSA) is 66.4 Å². The van der Waals surface area contributed by atoms with Gasteiger partial charge in [0.2, 0.25) is 5.91 Å². The van der Waals surface area contributed by atoms with Crippen LogP contribution in [-0.2, 0) is 22.6 Å². The third kappa shape index (κ3) is 3.30. The molecule has 94 valence electrons. The van der Waals surface area contributed by atoms with Crippen LogP contribution in [0.25, 0.3) is 0 Å². The lowest BCUT2D eigenvalue weighted by Crippen LogP contribution is -2.41. The van der Waals surface area contributed by atoms with Crippen molar-refractivity contribution in [1.29, 1.82) is 0 Å². The minimum Gasteiger partial charge on any atom is -0.480 e. The van der Waals surface area contributed by atoms with Crippen molar-refractivity contribution >= 4 is 23.2 Å². The van der Waals surface area contributed by atoms with Gasteiger partial charge >= 0.3 is 5.97 Å². The summed E-state index contributed by atoms with van der Waals surface area (Å²) in [5, 5.41) is 11.5. The molecule has 5 heteroatoms. The number of nitrogens with one attached hydrogen (secondary N) is 1. The Bertz CT molecular complexity index is 423. The van der Waals surface area contributed by atoms with Crippen LogP contribution in [0.2, 0.25) is 0 Å². The number of hydrogen-bond acceptors (Lipinski definition) is 3. The quantitative estimate of drug-likeness (QED) is 0.791. The van der Waals surface area contributed by atoms with Crippen molar-refractivity contribution < 1.29 is 14.7 Å². The molecule has 0 saturated heterocycles. The van der Waals surface area contributed by atoms with E-state index in [4.69, 9.17) is 5.11 Å². The molecule has 0 aliphatic rings. The molecular weight excluding hydrogens is 238 g/mol. The highest BCUT2D eigenvalue weighted by molar-refractivity contribution is 7.11. The van der Waals surface area contributed by atoms with E-state index in [0.29, 0.717) is 6.54 Å². The number of thiophene rings is 1. The third-order valence-electron chi connectivity index (χ3n) is 2.59. The third-order valence-corrected chi connectivity index (χ3v) is 3.82. The van der Waals surface area contributed by atoms with Gasteiger partial charge in [-0.3, -0.25) is 9.59 Å². The van der Waals surface area contributed by atoms with Crippen LogP contribution < -0.4 is 5.32 Å². The Labute approximate surface area is 105 Å². The van der Waals surface area contributed by atoms with Crippen LogP contribution in [-0.4, -0.2) is 17.0 Å². The predicted octanol–water partition coefficient (Wildman–Crippen LogP) is 2.04. The van der Waals surface area contributed by atoms with Gasteiger partial charge in [0, 0.05) is 9.75 Å². The molecule has 0 atom stereocenters. The maximum Gasteiger partial charge on any atom is 0.318 e. The van der Waals surface area contributed by atoms with E-state index in [1.54, 1.807) is 11.3 Å². The van der Waals surface area contributed by atoms with Crippen LogP contribution in [0, 0.1) is 5.41 Å². The summed E-state index contributed by atoms with van der Waals surface area (Å²) in [6.45, 7) is 5.26. The molecule has 0 aliphatic heterocycles. The highest BCUT2D eigenvalue weighted by Crippen LogP contribution is 2.18. The number of carbonyl (C=O) groups excluding carboxylic acids is 1. The van der Waals surface area contributed by atoms with Gasteiger partial charge in [-0.25, -0.2) is 0 Å². The smallest absolute Gasteiger partial charge is 0.318 e. The molecule has 0 spiro atoms. The molecule has 1 amide bonds. The molecule has 0 fully saturated rings. The van der Waals surface area contributed by atoms with E-state index >= 15 is 0 Å². The molecule has 0 aliphatic carbocycles. The average Bonchev–Trinajstić information content (AvgIpc) is 2.73. The minimum absolute atomic E-state index is 0.389. The molecule has 17 heavy (non-hydrogen) atoms. The van der Waals surface area contributed by atoms with Gasteiger partial charge in [0.25, 0.3) is 0 Å². The highest BCUT2D eigenvalue weighted by atomic mass is 32.1. The first kappa shape index (κ1) is 13.7. The van der Waals surface area contributed by atoms with Crippen molar-refractivity contribution in [2.45, 2.75) is 33.7 Å². The molecule has 1 aromatic heterocycles. The van der Waals surface area contributed by atoms with Crippen molar-refractivity contribution in [2.75, 3.05) is 0 Å². The van der Waals surface area contributed by atoms with Gasteiger partial charge in [-0.05, 0) is 32.4 Å². The zero-order valence-corrected chi connectivity index (χ0v) is 11.1. The molecule has 1 heterocycles. The fraction of sp³-hybridized carbons (Fsp3) is 0.500. The van der Waals surface area contributed by atoms with Gasteiger partial charge in [0.05, 0.1) is 6.54 Å². The summed E-state index contributed by atoms with van der Waals surface area (Å²) in [6.07, 6.45) is 0.971. The fourth-order valence-corrected chi connectivity index (χ4v) is 2.09. The second-order valence-electron chi connectivity index (χ2n) is 4.33. The maximum atomic E-state index is 11.7. The number of aryl methyl sites for hydroxylation is 1. The second-order valence-corrected chi connectivity index (χ2v) is 5.59. The lowest BCUT2D eigenvalue weighted by Gasteiger charge is -2.17. The molecule has 1 aromatic rings. The Morgan fingerprint density at radius 3 is 2.41 bits per heavy atom. The minimum atomic E-state index is -1.38. The van der Waals surface area contributed by atoms with Crippen molar-refractivity contribution in [3.63, 3.8) is 0 Å². The van der Waals surface area contributed by atoms with Crippen molar-refractivity contribution in [3.05, 3.63) is 21.9 Å². The number of carbonyl (C=O) groups is 2. The number of aliphatic carboxylic acids is 1. The zero-order chi connectivity index (χ0) is 13.1. The summed E-state index contributed by atoms with van der Waals surface area (Å²) in [6, 6.07) is 3.98. The summed E-state index contributed by atoms with van der Waals surface area (Å²) in [5.41, 5.74) is -1.38. The Kier molecular flexibility index (Phi) is 4.28. The largest absolute Gasteiger partial charge is 0.480 e. The van der Waals surface area contributed by atoms with E-state index < -0.39 is 17.3 Å². The number of carboxylic acids is 1. The van der Waals surface area contributed by atoms with E-state index in [1.807, 2.05) is 12.1 Å². The summed E-state index contributed by atoms with van der Waals surface area (Å²) in [7, 11) is 0. The molecule has 0 unspecified atom stereocenters. The molecule has 4 nitrogen and oxygen atoms in total. The number of rotatable bonds is 5. The lowest BCUT2D eigenvalue weighted by molar-refractivity contribution is -0.153. The molecule has 2 N–H and O–H groups in total. The second kappa shape index (κ2) is 5.31. The van der Waals surface area contributed by atoms with Gasteiger partial charge in [0.15, 0.2) is 0 Å². The van der Waals surface area contributed by atoms with E-state index in [9.17, 15) is 9.59 Å². The van der Waals surface area contributed by atoms with Crippen molar-refractivity contribution in [2.24, 2.45) is 5.41 Å². The summed E-state index contributed by atoms with van der Waals surface area (Å²) >= 11 is 1.63. The SMILES string of the molecule is CCc1ccc(CNC(=O)C(C)(C)C(=O)O)s1. The molecular formula is C12H17NO3S. The van der Waals surface area contributed by atoms with Gasteiger partial charge in [0.1, 0.15) is 5.41 Å². The maximum absolute atomic E-state index is 11.7. The molecule has 1 rings (SSSR count). The average molecular weight is 255 g/mol. The van der Waals surface area contributed by atoms with Crippen LogP contribution in [0.5, 0.6) is 0 Å². The Morgan fingerprint density at radius 2 is 1.94 bits per heavy atom. The summed E-state index contributed by atoms with van der Waals surface area (Å²) in [5.74, 6) is -1.58. The zero-order valence-electron chi connectivity index (χ0n) is 10.2. The van der Waals surface area contributed by atoms with Crippen LogP contribution >= 0.6 is 11.3 Å². The summed E-state index contributed by atoms with van der Waals surface area (Å²) < 4.78 is 0. The van der Waals surface area contributed by atoms with Crippen molar-refractivity contribution in [3.8, 4) is 0 Å². The Hall–Kier alpha value is -1.36. The van der Waals surface area contributed by atoms with Gasteiger partial charge in [-0.2, -0.15) is 0 Å². The van der Waals surface area contributed by atoms with E-state index in [-0.39, 0.29) is 0 Å². The first-order valence-electron chi connectivity index (χ1n) is 5.47. The normalized spacial score (nSPS) is 11.2. The summed E-state index contributed by atoms with van der Waals surface area (Å²) in [4.78, 5) is 24.8. The van der Waals surface area contributed by atoms with Gasteiger partial charge in [-0.15, -0.1) is 11.3 Å². The Morgan fingerprint density at radius 1 is 1.35 bits per heavy atom. The number of hydrogen-bond donors (Lipinski definition) is 2. The first-order chi connectivity index (χ1) is 7.87. The molecule has 0 saturated carbocycles. The van der Waals surface area contributed by atoms with Gasteiger partial charge in [-0.1, -0.05) is 6.92 Å². The standard InChI is InChI=1S/C12H17NO3S/c1-4-8-5-6-9(17-8)7-13-10(14)12(2,3)11(15)16/h5-6H,4,7H2,1-3H3,(H,13,14)(H,15,16). The molecule has 0 aromatic carbocycles. The molecule has 0 bridgehead atoms. The number of amides is 1. The van der Waals surface area contributed by atoms with Crippen LogP contribution in [0.3, 0.4) is 0 Å². The van der Waals surface area contributed by atoms with E-state index in [1.165, 1.54) is 18.7 Å². The van der Waals surface area contributed by atoms with Crippen LogP contribution in [0.4, 0.5) is 0 Å². The fourth-order valence-electron chi connectivity index (χ4n) is 1.19. The lowest BCUT2D eigenvalue weighted by atomic mass is 9.93. The van der Waals surface area contributed by atoms with Gasteiger partial charge < -0.3 is 10.4 Å². The van der Waals surface area contributed by atoms with E-state index in [2.05, 4.69) is 12.2 Å². The molecule has 0 radical (unpaired) electrons. The number of carboxylic acid groups (broad SMARTS) is 1. The monoisotopic (exact) mass is 255 g/mol. The highest BCUT2D eigenvalue weighted by Gasteiger charge is 2.35. The first-order valence-corrected chi connectivity index (χ1v) is 6.29. The van der Waals surface area contributed by atoms with E-state index in [0.717, 1.165) is 11.3 Å². The predicted molar refractivity (Wildman–Crippen MR) is 67.0 cm³/mol. The van der Waals surface area contributed by atoms with Crippen LogP contribution in [0.1, 0.15) is 30.5 Å². The van der Waals surface area contributed by atoms with Crippen LogP contribution in [0.15, 0.2) is 12.1 Å².